The smallest absolute Gasteiger partial charge is 0.253 e. The van der Waals surface area contributed by atoms with Gasteiger partial charge in [-0.05, 0) is 58.7 Å². The number of piperidine rings is 1. The molecule has 4 rings (SSSR count). The van der Waals surface area contributed by atoms with Gasteiger partial charge >= 0.3 is 0 Å². The van der Waals surface area contributed by atoms with Gasteiger partial charge in [-0.1, -0.05) is 60.1 Å². The Morgan fingerprint density at radius 1 is 0.844 bits per heavy atom. The van der Waals surface area contributed by atoms with E-state index in [1.807, 2.05) is 44.2 Å². The second kappa shape index (κ2) is 10.3. The highest BCUT2D eigenvalue weighted by Gasteiger charge is 2.35. The molecule has 0 saturated carbocycles. The molecule has 0 bridgehead atoms. The number of carbonyl (C=O) groups excluding carboxylic acids is 1. The average molecular weight is 504 g/mol. The standard InChI is InChI=1S/C24H19BrF3NO.C2H6/c25-22-10-7-19(15-21(22)17-5-8-20(26)9-6-17)16-1-3-18(4-2-16)23(30)29-13-11-24(27,28)12-14-29;1-2/h1-10,15H,11-14H2;1-2H3. The molecular formula is C26H25BrF3NO. The molecule has 1 aliphatic heterocycles. The van der Waals surface area contributed by atoms with E-state index in [4.69, 9.17) is 0 Å². The predicted octanol–water partition coefficient (Wildman–Crippen LogP) is 7.82. The minimum Gasteiger partial charge on any atom is -0.338 e. The van der Waals surface area contributed by atoms with Gasteiger partial charge in [-0.3, -0.25) is 4.79 Å². The molecule has 0 unspecified atom stereocenters. The molecule has 1 aliphatic rings. The van der Waals surface area contributed by atoms with Crippen LogP contribution < -0.4 is 0 Å². The zero-order valence-corrected chi connectivity index (χ0v) is 19.6. The molecule has 1 heterocycles. The van der Waals surface area contributed by atoms with Crippen LogP contribution in [0.5, 0.6) is 0 Å². The summed E-state index contributed by atoms with van der Waals surface area (Å²) in [6.07, 6.45) is -0.580. The molecule has 3 aromatic rings. The highest BCUT2D eigenvalue weighted by molar-refractivity contribution is 9.10. The van der Waals surface area contributed by atoms with Gasteiger partial charge in [0.05, 0.1) is 0 Å². The number of nitrogens with zero attached hydrogens (tertiary/aromatic N) is 1. The van der Waals surface area contributed by atoms with E-state index >= 15 is 0 Å². The topological polar surface area (TPSA) is 20.3 Å². The lowest BCUT2D eigenvalue weighted by Crippen LogP contribution is -2.42. The number of benzene rings is 3. The van der Waals surface area contributed by atoms with Crippen LogP contribution in [0.3, 0.4) is 0 Å². The Labute approximate surface area is 195 Å². The number of hydrogen-bond acceptors (Lipinski definition) is 1. The quantitative estimate of drug-likeness (QED) is 0.356. The second-order valence-electron chi connectivity index (χ2n) is 7.43. The summed E-state index contributed by atoms with van der Waals surface area (Å²) in [6, 6.07) is 19.3. The number of carbonyl (C=O) groups is 1. The van der Waals surface area contributed by atoms with Crippen molar-refractivity contribution in [2.45, 2.75) is 32.6 Å². The van der Waals surface area contributed by atoms with Gasteiger partial charge in [-0.25, -0.2) is 13.2 Å². The van der Waals surface area contributed by atoms with Crippen molar-refractivity contribution >= 4 is 21.8 Å². The Kier molecular flexibility index (Phi) is 7.77. The molecule has 3 aromatic carbocycles. The molecule has 2 nitrogen and oxygen atoms in total. The van der Waals surface area contributed by atoms with Crippen LogP contribution in [0.4, 0.5) is 13.2 Å². The van der Waals surface area contributed by atoms with Gasteiger partial charge in [0.15, 0.2) is 0 Å². The van der Waals surface area contributed by atoms with Crippen LogP contribution in [0.25, 0.3) is 22.3 Å². The number of hydrogen-bond donors (Lipinski definition) is 0. The fraction of sp³-hybridized carbons (Fsp3) is 0.269. The van der Waals surface area contributed by atoms with E-state index in [1.54, 1.807) is 24.3 Å². The lowest BCUT2D eigenvalue weighted by atomic mass is 9.98. The zero-order chi connectivity index (χ0) is 23.3. The molecule has 0 aliphatic carbocycles. The van der Waals surface area contributed by atoms with E-state index in [2.05, 4.69) is 15.9 Å². The summed E-state index contributed by atoms with van der Waals surface area (Å²) in [5.74, 6) is -3.19. The minimum atomic E-state index is -2.68. The van der Waals surface area contributed by atoms with Crippen molar-refractivity contribution in [3.63, 3.8) is 0 Å². The van der Waals surface area contributed by atoms with Crippen LogP contribution in [-0.2, 0) is 0 Å². The molecule has 0 spiro atoms. The van der Waals surface area contributed by atoms with Crippen LogP contribution in [0.1, 0.15) is 37.0 Å². The molecule has 1 saturated heterocycles. The molecular weight excluding hydrogens is 479 g/mol. The molecule has 0 radical (unpaired) electrons. The fourth-order valence-electron chi connectivity index (χ4n) is 3.58. The van der Waals surface area contributed by atoms with E-state index in [0.717, 1.165) is 26.7 Å². The average Bonchev–Trinajstić information content (AvgIpc) is 2.81. The Balaban J connectivity index is 0.00000141. The molecule has 32 heavy (non-hydrogen) atoms. The summed E-state index contributed by atoms with van der Waals surface area (Å²) in [7, 11) is 0. The van der Waals surface area contributed by atoms with Gasteiger partial charge in [0.1, 0.15) is 5.82 Å². The molecule has 0 atom stereocenters. The molecule has 6 heteroatoms. The largest absolute Gasteiger partial charge is 0.338 e. The minimum absolute atomic E-state index is 0.0708. The zero-order valence-electron chi connectivity index (χ0n) is 18.0. The van der Waals surface area contributed by atoms with E-state index in [1.165, 1.54) is 17.0 Å². The summed E-state index contributed by atoms with van der Waals surface area (Å²) < 4.78 is 40.8. The molecule has 1 fully saturated rings. The highest BCUT2D eigenvalue weighted by atomic mass is 79.9. The van der Waals surface area contributed by atoms with Crippen molar-refractivity contribution in [3.05, 3.63) is 82.6 Å². The van der Waals surface area contributed by atoms with Crippen molar-refractivity contribution < 1.29 is 18.0 Å². The van der Waals surface area contributed by atoms with Gasteiger partial charge in [-0.15, -0.1) is 0 Å². The predicted molar refractivity (Wildman–Crippen MR) is 126 cm³/mol. The summed E-state index contributed by atoms with van der Waals surface area (Å²) in [6.45, 7) is 4.14. The van der Waals surface area contributed by atoms with Crippen molar-refractivity contribution in [1.29, 1.82) is 0 Å². The fourth-order valence-corrected chi connectivity index (χ4v) is 4.06. The van der Waals surface area contributed by atoms with Crippen LogP contribution in [0, 0.1) is 5.82 Å². The Bertz CT molecular complexity index is 1060. The van der Waals surface area contributed by atoms with Crippen molar-refractivity contribution in [1.82, 2.24) is 4.90 Å². The first kappa shape index (κ1) is 24.1. The van der Waals surface area contributed by atoms with Gasteiger partial charge in [0.2, 0.25) is 0 Å². The third-order valence-electron chi connectivity index (χ3n) is 5.37. The van der Waals surface area contributed by atoms with Crippen LogP contribution in [0.15, 0.2) is 71.2 Å². The number of alkyl halides is 2. The van der Waals surface area contributed by atoms with Crippen molar-refractivity contribution in [2.75, 3.05) is 13.1 Å². The SMILES string of the molecule is CC.O=C(c1ccc(-c2ccc(Br)c(-c3ccc(F)cc3)c2)cc1)N1CCC(F)(F)CC1. The lowest BCUT2D eigenvalue weighted by Gasteiger charge is -2.31. The highest BCUT2D eigenvalue weighted by Crippen LogP contribution is 2.33. The van der Waals surface area contributed by atoms with Gasteiger partial charge in [0.25, 0.3) is 11.8 Å². The monoisotopic (exact) mass is 503 g/mol. The van der Waals surface area contributed by atoms with Crippen molar-refractivity contribution in [3.8, 4) is 22.3 Å². The molecule has 168 valence electrons. The molecule has 0 N–H and O–H groups in total. The summed E-state index contributed by atoms with van der Waals surface area (Å²) in [5, 5.41) is 0. The van der Waals surface area contributed by atoms with Gasteiger partial charge < -0.3 is 4.90 Å². The maximum Gasteiger partial charge on any atom is 0.253 e. The van der Waals surface area contributed by atoms with E-state index in [0.29, 0.717) is 5.56 Å². The van der Waals surface area contributed by atoms with E-state index in [9.17, 15) is 18.0 Å². The Hall–Kier alpha value is -2.60. The van der Waals surface area contributed by atoms with Crippen LogP contribution in [0.2, 0.25) is 0 Å². The number of likely N-dealkylation sites (tertiary alicyclic amines) is 1. The molecule has 1 amide bonds. The second-order valence-corrected chi connectivity index (χ2v) is 8.28. The normalized spacial score (nSPS) is 15.0. The maximum atomic E-state index is 13.3. The number of amides is 1. The summed E-state index contributed by atoms with van der Waals surface area (Å²) in [5.41, 5.74) is 4.18. The first-order valence-electron chi connectivity index (χ1n) is 10.7. The first-order chi connectivity index (χ1) is 15.3. The number of halogens is 4. The first-order valence-corrected chi connectivity index (χ1v) is 11.4. The van der Waals surface area contributed by atoms with Crippen LogP contribution >= 0.6 is 15.9 Å². The van der Waals surface area contributed by atoms with E-state index < -0.39 is 5.92 Å². The number of rotatable bonds is 3. The summed E-state index contributed by atoms with van der Waals surface area (Å²) >= 11 is 3.54. The Morgan fingerprint density at radius 3 is 1.97 bits per heavy atom. The third kappa shape index (κ3) is 5.60. The molecule has 0 aromatic heterocycles. The van der Waals surface area contributed by atoms with Crippen molar-refractivity contribution in [2.24, 2.45) is 0 Å². The maximum absolute atomic E-state index is 13.3. The summed E-state index contributed by atoms with van der Waals surface area (Å²) in [4.78, 5) is 14.1. The van der Waals surface area contributed by atoms with Gasteiger partial charge in [0, 0.05) is 36.0 Å². The van der Waals surface area contributed by atoms with Gasteiger partial charge in [-0.2, -0.15) is 0 Å². The lowest BCUT2D eigenvalue weighted by molar-refractivity contribution is -0.0494. The Morgan fingerprint density at radius 2 is 1.38 bits per heavy atom. The van der Waals surface area contributed by atoms with Crippen LogP contribution in [-0.4, -0.2) is 29.8 Å². The van der Waals surface area contributed by atoms with E-state index in [-0.39, 0.29) is 37.7 Å². The third-order valence-corrected chi connectivity index (χ3v) is 6.06.